The maximum absolute atomic E-state index is 3.72. The average molecular weight is 274 g/mol. The summed E-state index contributed by atoms with van der Waals surface area (Å²) in [5, 5.41) is 3.72. The van der Waals surface area contributed by atoms with Gasteiger partial charge in [-0.05, 0) is 69.4 Å². The summed E-state index contributed by atoms with van der Waals surface area (Å²) in [6.45, 7) is 11.5. The van der Waals surface area contributed by atoms with E-state index in [1.54, 1.807) is 5.56 Å². The van der Waals surface area contributed by atoms with E-state index in [-0.39, 0.29) is 0 Å². The molecule has 0 heterocycles. The summed E-state index contributed by atoms with van der Waals surface area (Å²) in [5.41, 5.74) is 3.02. The maximum Gasteiger partial charge on any atom is 0.00787 e. The zero-order chi connectivity index (χ0) is 14.4. The van der Waals surface area contributed by atoms with Crippen LogP contribution in [0.5, 0.6) is 0 Å². The predicted octanol–water partition coefficient (Wildman–Crippen LogP) is 3.56. The second-order valence-electron chi connectivity index (χ2n) is 6.06. The van der Waals surface area contributed by atoms with Crippen LogP contribution in [0.4, 0.5) is 0 Å². The van der Waals surface area contributed by atoms with E-state index in [0.29, 0.717) is 0 Å². The fraction of sp³-hybridized carbons (Fsp3) is 0.667. The van der Waals surface area contributed by atoms with Crippen LogP contribution in [-0.4, -0.2) is 37.1 Å². The molecule has 0 spiro atoms. The lowest BCUT2D eigenvalue weighted by atomic mass is 9.74. The molecule has 1 fully saturated rings. The summed E-state index contributed by atoms with van der Waals surface area (Å²) in [6, 6.07) is 9.60. The Bertz CT molecular complexity index is 392. The number of benzene rings is 1. The molecule has 2 heteroatoms. The molecule has 0 radical (unpaired) electrons. The van der Waals surface area contributed by atoms with Gasteiger partial charge in [0.1, 0.15) is 0 Å². The molecule has 2 rings (SSSR count). The van der Waals surface area contributed by atoms with Crippen LogP contribution in [0.1, 0.15) is 50.2 Å². The van der Waals surface area contributed by atoms with Gasteiger partial charge in [-0.1, -0.05) is 38.1 Å². The molecule has 1 aliphatic carbocycles. The topological polar surface area (TPSA) is 15.3 Å². The van der Waals surface area contributed by atoms with Gasteiger partial charge in [-0.2, -0.15) is 0 Å². The highest BCUT2D eigenvalue weighted by molar-refractivity contribution is 5.31. The van der Waals surface area contributed by atoms with Gasteiger partial charge in [-0.15, -0.1) is 0 Å². The average Bonchev–Trinajstić information content (AvgIpc) is 2.42. The van der Waals surface area contributed by atoms with E-state index < -0.39 is 0 Å². The van der Waals surface area contributed by atoms with E-state index in [9.17, 15) is 0 Å². The molecular weight excluding hydrogens is 244 g/mol. The van der Waals surface area contributed by atoms with E-state index in [2.05, 4.69) is 55.3 Å². The first-order valence-electron chi connectivity index (χ1n) is 8.25. The van der Waals surface area contributed by atoms with E-state index in [1.807, 2.05) is 0 Å². The van der Waals surface area contributed by atoms with Crippen molar-refractivity contribution in [3.63, 3.8) is 0 Å². The molecule has 0 aromatic heterocycles. The van der Waals surface area contributed by atoms with Crippen LogP contribution in [0.3, 0.4) is 0 Å². The van der Waals surface area contributed by atoms with Crippen molar-refractivity contribution in [2.45, 2.75) is 52.0 Å². The molecule has 1 saturated carbocycles. The van der Waals surface area contributed by atoms with Gasteiger partial charge in [0.25, 0.3) is 0 Å². The monoisotopic (exact) mass is 274 g/mol. The Kier molecular flexibility index (Phi) is 6.06. The molecule has 0 amide bonds. The molecule has 2 nitrogen and oxygen atoms in total. The third-order valence-corrected chi connectivity index (χ3v) is 4.74. The molecule has 1 aromatic carbocycles. The quantitative estimate of drug-likeness (QED) is 0.729. The van der Waals surface area contributed by atoms with Crippen molar-refractivity contribution in [3.8, 4) is 0 Å². The molecule has 0 unspecified atom stereocenters. The summed E-state index contributed by atoms with van der Waals surface area (Å²) in [6.07, 6.45) is 3.90. The molecule has 20 heavy (non-hydrogen) atoms. The molecule has 0 saturated heterocycles. The Labute approximate surface area is 124 Å². The molecule has 1 N–H and O–H groups in total. The van der Waals surface area contributed by atoms with Crippen LogP contribution >= 0.6 is 0 Å². The fourth-order valence-electron chi connectivity index (χ4n) is 3.23. The largest absolute Gasteiger partial charge is 0.314 e. The van der Waals surface area contributed by atoms with Crippen molar-refractivity contribution in [2.24, 2.45) is 0 Å². The first kappa shape index (κ1) is 15.5. The van der Waals surface area contributed by atoms with Gasteiger partial charge in [0.2, 0.25) is 0 Å². The van der Waals surface area contributed by atoms with Crippen molar-refractivity contribution in [1.82, 2.24) is 10.2 Å². The summed E-state index contributed by atoms with van der Waals surface area (Å²) in [4.78, 5) is 2.50. The van der Waals surface area contributed by atoms with Crippen LogP contribution < -0.4 is 5.32 Å². The minimum atomic E-state index is 0.747. The highest BCUT2D eigenvalue weighted by Gasteiger charge is 2.30. The minimum Gasteiger partial charge on any atom is -0.314 e. The van der Waals surface area contributed by atoms with Crippen LogP contribution in [0.2, 0.25) is 0 Å². The third kappa shape index (κ3) is 4.07. The summed E-state index contributed by atoms with van der Waals surface area (Å²) >= 11 is 0. The summed E-state index contributed by atoms with van der Waals surface area (Å²) < 4.78 is 0. The van der Waals surface area contributed by atoms with Crippen molar-refractivity contribution in [3.05, 3.63) is 35.4 Å². The number of rotatable bonds is 8. The standard InChI is InChI=1S/C18H30N2/c1-4-20(5-2)12-8-11-19-17-13-16(14-17)18-10-7-6-9-15(18)3/h6-7,9-10,16-17,19H,4-5,8,11-14H2,1-3H3. The van der Waals surface area contributed by atoms with Gasteiger partial charge in [0.15, 0.2) is 0 Å². The Hall–Kier alpha value is -0.860. The van der Waals surface area contributed by atoms with Crippen molar-refractivity contribution in [1.29, 1.82) is 0 Å². The number of nitrogens with one attached hydrogen (secondary N) is 1. The predicted molar refractivity (Wildman–Crippen MR) is 87.3 cm³/mol. The van der Waals surface area contributed by atoms with Gasteiger partial charge in [0, 0.05) is 6.04 Å². The lowest BCUT2D eigenvalue weighted by molar-refractivity contribution is 0.267. The van der Waals surface area contributed by atoms with Gasteiger partial charge < -0.3 is 10.2 Å². The second-order valence-corrected chi connectivity index (χ2v) is 6.06. The number of hydrogen-bond donors (Lipinski definition) is 1. The van der Waals surface area contributed by atoms with Crippen molar-refractivity contribution in [2.75, 3.05) is 26.2 Å². The molecule has 112 valence electrons. The van der Waals surface area contributed by atoms with Crippen LogP contribution in [0.25, 0.3) is 0 Å². The minimum absolute atomic E-state index is 0.747. The SMILES string of the molecule is CCN(CC)CCCNC1CC(c2ccccc2C)C1. The summed E-state index contributed by atoms with van der Waals surface area (Å²) in [5.74, 6) is 0.788. The van der Waals surface area contributed by atoms with Gasteiger partial charge in [-0.25, -0.2) is 0 Å². The smallest absolute Gasteiger partial charge is 0.00787 e. The fourth-order valence-corrected chi connectivity index (χ4v) is 3.23. The third-order valence-electron chi connectivity index (χ3n) is 4.74. The lowest BCUT2D eigenvalue weighted by Crippen LogP contribution is -2.41. The number of hydrogen-bond acceptors (Lipinski definition) is 2. The molecule has 0 aliphatic heterocycles. The summed E-state index contributed by atoms with van der Waals surface area (Å²) in [7, 11) is 0. The van der Waals surface area contributed by atoms with E-state index in [0.717, 1.165) is 12.0 Å². The van der Waals surface area contributed by atoms with Gasteiger partial charge in [0.05, 0.1) is 0 Å². The zero-order valence-electron chi connectivity index (χ0n) is 13.4. The van der Waals surface area contributed by atoms with Crippen molar-refractivity contribution < 1.29 is 0 Å². The molecule has 1 aromatic rings. The first-order chi connectivity index (χ1) is 9.74. The zero-order valence-corrected chi connectivity index (χ0v) is 13.4. The van der Waals surface area contributed by atoms with Crippen LogP contribution in [0.15, 0.2) is 24.3 Å². The second kappa shape index (κ2) is 7.80. The first-order valence-corrected chi connectivity index (χ1v) is 8.25. The van der Waals surface area contributed by atoms with E-state index in [4.69, 9.17) is 0 Å². The Morgan fingerprint density at radius 2 is 1.85 bits per heavy atom. The maximum atomic E-state index is 3.72. The van der Waals surface area contributed by atoms with Gasteiger partial charge in [-0.3, -0.25) is 0 Å². The normalized spacial score (nSPS) is 22.0. The molecular formula is C18H30N2. The highest BCUT2D eigenvalue weighted by Crippen LogP contribution is 2.38. The van der Waals surface area contributed by atoms with Crippen LogP contribution in [0, 0.1) is 6.92 Å². The molecule has 1 aliphatic rings. The van der Waals surface area contributed by atoms with E-state index in [1.165, 1.54) is 51.0 Å². The Balaban J connectivity index is 1.62. The lowest BCUT2D eigenvalue weighted by Gasteiger charge is -2.37. The van der Waals surface area contributed by atoms with Crippen LogP contribution in [-0.2, 0) is 0 Å². The molecule has 0 atom stereocenters. The number of nitrogens with zero attached hydrogens (tertiary/aromatic N) is 1. The Morgan fingerprint density at radius 3 is 2.50 bits per heavy atom. The van der Waals surface area contributed by atoms with Gasteiger partial charge >= 0.3 is 0 Å². The molecule has 0 bridgehead atoms. The van der Waals surface area contributed by atoms with E-state index >= 15 is 0 Å². The Morgan fingerprint density at radius 1 is 1.15 bits per heavy atom. The number of aryl methyl sites for hydroxylation is 1. The van der Waals surface area contributed by atoms with Crippen molar-refractivity contribution >= 4 is 0 Å². The highest BCUT2D eigenvalue weighted by atomic mass is 15.1.